The van der Waals surface area contributed by atoms with Crippen molar-refractivity contribution in [2.45, 2.75) is 0 Å². The summed E-state index contributed by atoms with van der Waals surface area (Å²) in [6.07, 6.45) is 3.37. The maximum absolute atomic E-state index is 12.2. The molecule has 0 aliphatic carbocycles. The average Bonchev–Trinajstić information content (AvgIpc) is 3.06. The summed E-state index contributed by atoms with van der Waals surface area (Å²) in [5, 5.41) is 2.19. The number of carbonyl (C=O) groups is 1. The predicted octanol–water partition coefficient (Wildman–Crippen LogP) is 4.75. The van der Waals surface area contributed by atoms with E-state index in [-0.39, 0.29) is 5.70 Å². The molecular formula is C23H17NO3. The molecule has 0 bridgehead atoms. The fraction of sp³-hybridized carbons (Fsp3) is 0.0435. The SMILES string of the molecule is C=CCOc1cccc(C=C2N=C(c3ccc4ccccc4c3)OC2=O)c1. The number of fused-ring (bicyclic) bond motifs is 1. The Kier molecular flexibility index (Phi) is 4.54. The topological polar surface area (TPSA) is 47.9 Å². The van der Waals surface area contributed by atoms with Crippen molar-refractivity contribution in [1.29, 1.82) is 0 Å². The van der Waals surface area contributed by atoms with Crippen LogP contribution in [-0.2, 0) is 9.53 Å². The molecule has 0 amide bonds. The fourth-order valence-electron chi connectivity index (χ4n) is 2.86. The third-order valence-electron chi connectivity index (χ3n) is 4.15. The molecule has 1 aliphatic heterocycles. The lowest BCUT2D eigenvalue weighted by Crippen LogP contribution is -2.05. The second-order valence-corrected chi connectivity index (χ2v) is 6.07. The molecule has 27 heavy (non-hydrogen) atoms. The highest BCUT2D eigenvalue weighted by Crippen LogP contribution is 2.23. The first-order valence-corrected chi connectivity index (χ1v) is 8.58. The lowest BCUT2D eigenvalue weighted by Gasteiger charge is -2.03. The van der Waals surface area contributed by atoms with Crippen molar-refractivity contribution >= 4 is 28.7 Å². The molecule has 0 spiro atoms. The van der Waals surface area contributed by atoms with Crippen LogP contribution in [0.4, 0.5) is 0 Å². The molecule has 3 aromatic carbocycles. The number of nitrogens with zero attached hydrogens (tertiary/aromatic N) is 1. The molecule has 1 aliphatic rings. The Bertz CT molecular complexity index is 1100. The summed E-state index contributed by atoms with van der Waals surface area (Å²) < 4.78 is 10.9. The van der Waals surface area contributed by atoms with Crippen LogP contribution in [-0.4, -0.2) is 18.5 Å². The zero-order valence-corrected chi connectivity index (χ0v) is 14.6. The summed E-state index contributed by atoms with van der Waals surface area (Å²) in [6, 6.07) is 21.3. The summed E-state index contributed by atoms with van der Waals surface area (Å²) >= 11 is 0. The van der Waals surface area contributed by atoms with Gasteiger partial charge in [0.2, 0.25) is 5.90 Å². The molecule has 3 aromatic rings. The van der Waals surface area contributed by atoms with Gasteiger partial charge < -0.3 is 9.47 Å². The number of aliphatic imine (C=N–C) groups is 1. The molecule has 132 valence electrons. The predicted molar refractivity (Wildman–Crippen MR) is 107 cm³/mol. The molecule has 0 unspecified atom stereocenters. The summed E-state index contributed by atoms with van der Waals surface area (Å²) in [4.78, 5) is 16.6. The normalized spacial score (nSPS) is 14.9. The van der Waals surface area contributed by atoms with Gasteiger partial charge in [-0.3, -0.25) is 0 Å². The number of hydrogen-bond acceptors (Lipinski definition) is 4. The van der Waals surface area contributed by atoms with E-state index in [2.05, 4.69) is 11.6 Å². The van der Waals surface area contributed by atoms with Gasteiger partial charge in [-0.2, -0.15) is 0 Å². The average molecular weight is 355 g/mol. The van der Waals surface area contributed by atoms with Gasteiger partial charge in [0.1, 0.15) is 12.4 Å². The summed E-state index contributed by atoms with van der Waals surface area (Å²) in [5.74, 6) is 0.556. The molecule has 0 saturated carbocycles. The van der Waals surface area contributed by atoms with Gasteiger partial charge in [0.25, 0.3) is 0 Å². The van der Waals surface area contributed by atoms with Crippen LogP contribution in [0.25, 0.3) is 16.8 Å². The summed E-state index contributed by atoms with van der Waals surface area (Å²) in [7, 11) is 0. The largest absolute Gasteiger partial charge is 0.490 e. The molecule has 0 radical (unpaired) electrons. The first-order valence-electron chi connectivity index (χ1n) is 8.58. The number of benzene rings is 3. The van der Waals surface area contributed by atoms with E-state index in [1.165, 1.54) is 0 Å². The van der Waals surface area contributed by atoms with Gasteiger partial charge in [-0.05, 0) is 46.7 Å². The molecule has 0 fully saturated rings. The zero-order chi connectivity index (χ0) is 18.6. The Morgan fingerprint density at radius 2 is 1.85 bits per heavy atom. The monoisotopic (exact) mass is 355 g/mol. The van der Waals surface area contributed by atoms with Crippen molar-refractivity contribution < 1.29 is 14.3 Å². The van der Waals surface area contributed by atoms with Crippen molar-refractivity contribution in [3.8, 4) is 5.75 Å². The molecule has 4 nitrogen and oxygen atoms in total. The maximum atomic E-state index is 12.2. The van der Waals surface area contributed by atoms with Crippen LogP contribution >= 0.6 is 0 Å². The van der Waals surface area contributed by atoms with E-state index in [0.29, 0.717) is 18.3 Å². The van der Waals surface area contributed by atoms with E-state index in [1.807, 2.05) is 66.7 Å². The quantitative estimate of drug-likeness (QED) is 0.377. The van der Waals surface area contributed by atoms with E-state index in [1.54, 1.807) is 12.2 Å². The number of ether oxygens (including phenoxy) is 2. The number of hydrogen-bond donors (Lipinski definition) is 0. The second-order valence-electron chi connectivity index (χ2n) is 6.07. The van der Waals surface area contributed by atoms with Gasteiger partial charge in [0.05, 0.1) is 0 Å². The van der Waals surface area contributed by atoms with Crippen molar-refractivity contribution in [2.24, 2.45) is 4.99 Å². The molecule has 0 atom stereocenters. The van der Waals surface area contributed by atoms with Gasteiger partial charge in [-0.1, -0.05) is 55.1 Å². The van der Waals surface area contributed by atoms with Gasteiger partial charge in [0, 0.05) is 5.56 Å². The van der Waals surface area contributed by atoms with E-state index >= 15 is 0 Å². The molecule has 0 aromatic heterocycles. The molecule has 0 N–H and O–H groups in total. The smallest absolute Gasteiger partial charge is 0.363 e. The highest BCUT2D eigenvalue weighted by Gasteiger charge is 2.24. The Hall–Kier alpha value is -3.66. The van der Waals surface area contributed by atoms with Crippen LogP contribution < -0.4 is 4.74 Å². The Morgan fingerprint density at radius 1 is 1.00 bits per heavy atom. The van der Waals surface area contributed by atoms with E-state index in [4.69, 9.17) is 9.47 Å². The minimum absolute atomic E-state index is 0.263. The van der Waals surface area contributed by atoms with Gasteiger partial charge in [-0.15, -0.1) is 0 Å². The molecule has 1 heterocycles. The minimum Gasteiger partial charge on any atom is -0.490 e. The highest BCUT2D eigenvalue weighted by molar-refractivity contribution is 6.13. The van der Waals surface area contributed by atoms with Crippen LogP contribution in [0.1, 0.15) is 11.1 Å². The minimum atomic E-state index is -0.462. The van der Waals surface area contributed by atoms with Gasteiger partial charge in [-0.25, -0.2) is 9.79 Å². The number of rotatable bonds is 5. The number of carbonyl (C=O) groups excluding carboxylic acids is 1. The van der Waals surface area contributed by atoms with Gasteiger partial charge >= 0.3 is 5.97 Å². The van der Waals surface area contributed by atoms with Crippen LogP contribution in [0.5, 0.6) is 5.75 Å². The Balaban J connectivity index is 1.64. The van der Waals surface area contributed by atoms with Crippen molar-refractivity contribution in [3.63, 3.8) is 0 Å². The Labute approximate surface area is 157 Å². The van der Waals surface area contributed by atoms with Crippen LogP contribution in [0.2, 0.25) is 0 Å². The zero-order valence-electron chi connectivity index (χ0n) is 14.6. The number of esters is 1. The van der Waals surface area contributed by atoms with E-state index < -0.39 is 5.97 Å². The van der Waals surface area contributed by atoms with Crippen LogP contribution in [0.3, 0.4) is 0 Å². The first-order chi connectivity index (χ1) is 13.2. The second kappa shape index (κ2) is 7.30. The number of cyclic esters (lactones) is 1. The van der Waals surface area contributed by atoms with E-state index in [0.717, 1.165) is 21.9 Å². The Morgan fingerprint density at radius 3 is 2.70 bits per heavy atom. The van der Waals surface area contributed by atoms with Crippen molar-refractivity contribution in [2.75, 3.05) is 6.61 Å². The third kappa shape index (κ3) is 3.65. The molecule has 0 saturated heterocycles. The van der Waals surface area contributed by atoms with E-state index in [9.17, 15) is 4.79 Å². The lowest BCUT2D eigenvalue weighted by atomic mass is 10.1. The summed E-state index contributed by atoms with van der Waals surface area (Å²) in [5.41, 5.74) is 1.85. The van der Waals surface area contributed by atoms with Crippen molar-refractivity contribution in [1.82, 2.24) is 0 Å². The van der Waals surface area contributed by atoms with Gasteiger partial charge in [0.15, 0.2) is 5.70 Å². The maximum Gasteiger partial charge on any atom is 0.363 e. The summed E-state index contributed by atoms with van der Waals surface area (Å²) in [6.45, 7) is 4.05. The fourth-order valence-corrected chi connectivity index (χ4v) is 2.86. The van der Waals surface area contributed by atoms with Crippen molar-refractivity contribution in [3.05, 3.63) is 96.2 Å². The molecular weight excluding hydrogens is 338 g/mol. The van der Waals surface area contributed by atoms with Crippen LogP contribution in [0, 0.1) is 0 Å². The lowest BCUT2D eigenvalue weighted by molar-refractivity contribution is -0.129. The molecule has 4 heteroatoms. The molecule has 4 rings (SSSR count). The standard InChI is InChI=1S/C23H17NO3/c1-2-12-26-20-9-5-6-16(13-20)14-21-23(25)27-22(24-21)19-11-10-17-7-3-4-8-18(17)15-19/h2-11,13-15H,1,12H2. The third-order valence-corrected chi connectivity index (χ3v) is 4.15. The highest BCUT2D eigenvalue weighted by atomic mass is 16.6. The first kappa shape index (κ1) is 16.8. The van der Waals surface area contributed by atoms with Crippen LogP contribution in [0.15, 0.2) is 90.1 Å².